The van der Waals surface area contributed by atoms with E-state index in [1.54, 1.807) is 4.57 Å². The van der Waals surface area contributed by atoms with Gasteiger partial charge in [0.1, 0.15) is 19.3 Å². The second-order valence-electron chi connectivity index (χ2n) is 6.85. The van der Waals surface area contributed by atoms with Gasteiger partial charge in [0.15, 0.2) is 0 Å². The first-order chi connectivity index (χ1) is 14.2. The van der Waals surface area contributed by atoms with Gasteiger partial charge in [-0.1, -0.05) is 17.9 Å². The van der Waals surface area contributed by atoms with Crippen LogP contribution in [0.3, 0.4) is 0 Å². The molecule has 0 N–H and O–H groups in total. The lowest BCUT2D eigenvalue weighted by Gasteiger charge is -2.24. The molecular weight excluding hydrogens is 372 g/mol. The summed E-state index contributed by atoms with van der Waals surface area (Å²) in [5.41, 5.74) is 3.63. The van der Waals surface area contributed by atoms with Crippen LogP contribution in [0, 0.1) is 11.8 Å². The van der Waals surface area contributed by atoms with E-state index in [1.165, 1.54) is 0 Å². The third kappa shape index (κ3) is 4.67. The highest BCUT2D eigenvalue weighted by atomic mass is 16.6. The van der Waals surface area contributed by atoms with Crippen LogP contribution in [0.15, 0.2) is 29.1 Å². The molecule has 1 atom stereocenters. The molecule has 1 saturated heterocycles. The van der Waals surface area contributed by atoms with Crippen molar-refractivity contribution in [2.45, 2.75) is 26.0 Å². The SMILES string of the molecule is CCOCC#Cc1ccc2c(c1)CCn1c-2cc(OC[C@@H]2COCCO2)nc1=O. The van der Waals surface area contributed by atoms with E-state index in [1.807, 2.05) is 25.1 Å². The maximum absolute atomic E-state index is 12.5. The molecule has 0 aliphatic carbocycles. The summed E-state index contributed by atoms with van der Waals surface area (Å²) >= 11 is 0. The van der Waals surface area contributed by atoms with Gasteiger partial charge in [-0.3, -0.25) is 4.57 Å². The Hall–Kier alpha value is -2.66. The lowest BCUT2D eigenvalue weighted by molar-refractivity contribution is -0.102. The van der Waals surface area contributed by atoms with Gasteiger partial charge < -0.3 is 18.9 Å². The number of hydrogen-bond donors (Lipinski definition) is 0. The molecule has 0 spiro atoms. The van der Waals surface area contributed by atoms with Crippen molar-refractivity contribution in [1.82, 2.24) is 9.55 Å². The molecule has 2 aliphatic rings. The van der Waals surface area contributed by atoms with Gasteiger partial charge in [-0.05, 0) is 31.0 Å². The van der Waals surface area contributed by atoms with E-state index in [2.05, 4.69) is 22.9 Å². The monoisotopic (exact) mass is 396 g/mol. The number of aromatic nitrogens is 2. The minimum atomic E-state index is -0.301. The lowest BCUT2D eigenvalue weighted by Crippen LogP contribution is -2.34. The molecule has 7 nitrogen and oxygen atoms in total. The van der Waals surface area contributed by atoms with E-state index < -0.39 is 0 Å². The van der Waals surface area contributed by atoms with Crippen molar-refractivity contribution < 1.29 is 18.9 Å². The average molecular weight is 396 g/mol. The number of hydrogen-bond acceptors (Lipinski definition) is 6. The topological polar surface area (TPSA) is 71.8 Å². The third-order valence-corrected chi connectivity index (χ3v) is 4.89. The van der Waals surface area contributed by atoms with Crippen LogP contribution in [-0.2, 0) is 27.2 Å². The number of fused-ring (bicyclic) bond motifs is 3. The highest BCUT2D eigenvalue weighted by molar-refractivity contribution is 5.67. The van der Waals surface area contributed by atoms with Gasteiger partial charge in [0, 0.05) is 30.3 Å². The minimum absolute atomic E-state index is 0.144. The molecule has 0 bridgehead atoms. The molecule has 2 aliphatic heterocycles. The molecule has 1 aromatic carbocycles. The Balaban J connectivity index is 1.55. The molecular formula is C22H24N2O5. The van der Waals surface area contributed by atoms with Crippen LogP contribution in [0.5, 0.6) is 5.88 Å². The van der Waals surface area contributed by atoms with E-state index in [0.717, 1.165) is 28.8 Å². The van der Waals surface area contributed by atoms with Crippen LogP contribution in [-0.4, -0.2) is 55.3 Å². The van der Waals surface area contributed by atoms with Crippen LogP contribution >= 0.6 is 0 Å². The van der Waals surface area contributed by atoms with Crippen molar-refractivity contribution in [3.63, 3.8) is 0 Å². The first-order valence-electron chi connectivity index (χ1n) is 9.88. The van der Waals surface area contributed by atoms with Crippen molar-refractivity contribution in [2.24, 2.45) is 0 Å². The fourth-order valence-corrected chi connectivity index (χ4v) is 3.46. The van der Waals surface area contributed by atoms with Gasteiger partial charge in [-0.15, -0.1) is 0 Å². The standard InChI is InChI=1S/C22H24N2O5/c1-2-26-9-3-4-16-5-6-19-17(12-16)7-8-24-20(19)13-21(23-22(24)25)29-15-18-14-27-10-11-28-18/h5-6,12-13,18H,2,7-11,14-15H2,1H3/t18-/m0/s1. The maximum Gasteiger partial charge on any atom is 0.351 e. The van der Waals surface area contributed by atoms with Crippen molar-refractivity contribution in [3.8, 4) is 29.0 Å². The van der Waals surface area contributed by atoms with Gasteiger partial charge in [-0.2, -0.15) is 4.98 Å². The predicted molar refractivity (Wildman–Crippen MR) is 107 cm³/mol. The number of ether oxygens (including phenoxy) is 4. The zero-order chi connectivity index (χ0) is 20.1. The summed E-state index contributed by atoms with van der Waals surface area (Å²) in [6.45, 7) is 5.56. The van der Waals surface area contributed by atoms with Crippen LogP contribution in [0.25, 0.3) is 11.3 Å². The summed E-state index contributed by atoms with van der Waals surface area (Å²) in [6.07, 6.45) is 0.618. The zero-order valence-corrected chi connectivity index (χ0v) is 16.5. The van der Waals surface area contributed by atoms with Gasteiger partial charge in [0.2, 0.25) is 5.88 Å². The molecule has 2 aromatic rings. The zero-order valence-electron chi connectivity index (χ0n) is 16.5. The number of benzene rings is 1. The van der Waals surface area contributed by atoms with E-state index >= 15 is 0 Å². The Morgan fingerprint density at radius 1 is 1.31 bits per heavy atom. The highest BCUT2D eigenvalue weighted by Crippen LogP contribution is 2.30. The second-order valence-corrected chi connectivity index (χ2v) is 6.85. The highest BCUT2D eigenvalue weighted by Gasteiger charge is 2.20. The van der Waals surface area contributed by atoms with Crippen molar-refractivity contribution in [2.75, 3.05) is 39.6 Å². The molecule has 7 heteroatoms. The average Bonchev–Trinajstić information content (AvgIpc) is 2.76. The van der Waals surface area contributed by atoms with Gasteiger partial charge in [0.05, 0.1) is 25.5 Å². The molecule has 1 aromatic heterocycles. The normalized spacial score (nSPS) is 17.6. The van der Waals surface area contributed by atoms with Crippen molar-refractivity contribution in [1.29, 1.82) is 0 Å². The molecule has 0 radical (unpaired) electrons. The van der Waals surface area contributed by atoms with E-state index in [-0.39, 0.29) is 11.8 Å². The van der Waals surface area contributed by atoms with Crippen molar-refractivity contribution >= 4 is 0 Å². The molecule has 1 fully saturated rings. The van der Waals surface area contributed by atoms with Gasteiger partial charge in [-0.25, -0.2) is 4.79 Å². The third-order valence-electron chi connectivity index (χ3n) is 4.89. The summed E-state index contributed by atoms with van der Waals surface area (Å²) in [7, 11) is 0. The first kappa shape index (κ1) is 19.6. The van der Waals surface area contributed by atoms with Crippen molar-refractivity contribution in [3.05, 3.63) is 45.9 Å². The van der Waals surface area contributed by atoms with Crippen LogP contribution < -0.4 is 10.4 Å². The molecule has 0 saturated carbocycles. The van der Waals surface area contributed by atoms with Crippen LogP contribution in [0.4, 0.5) is 0 Å². The largest absolute Gasteiger partial charge is 0.475 e. The second kappa shape index (κ2) is 9.23. The van der Waals surface area contributed by atoms with Crippen LogP contribution in [0.2, 0.25) is 0 Å². The predicted octanol–water partition coefficient (Wildman–Crippen LogP) is 1.65. The number of aryl methyl sites for hydroxylation is 1. The van der Waals surface area contributed by atoms with E-state index in [0.29, 0.717) is 52.1 Å². The first-order valence-corrected chi connectivity index (χ1v) is 9.88. The molecule has 29 heavy (non-hydrogen) atoms. The molecule has 4 rings (SSSR count). The summed E-state index contributed by atoms with van der Waals surface area (Å²) in [4.78, 5) is 16.6. The Kier molecular flexibility index (Phi) is 6.25. The summed E-state index contributed by atoms with van der Waals surface area (Å²) in [6, 6.07) is 7.87. The Morgan fingerprint density at radius 3 is 3.07 bits per heavy atom. The number of nitrogens with zero attached hydrogens (tertiary/aromatic N) is 2. The summed E-state index contributed by atoms with van der Waals surface area (Å²) in [5.74, 6) is 6.45. The Bertz CT molecular complexity index is 983. The van der Waals surface area contributed by atoms with Crippen LogP contribution in [0.1, 0.15) is 18.1 Å². The quantitative estimate of drug-likeness (QED) is 0.565. The molecule has 0 unspecified atom stereocenters. The Morgan fingerprint density at radius 2 is 2.24 bits per heavy atom. The molecule has 152 valence electrons. The fourth-order valence-electron chi connectivity index (χ4n) is 3.46. The van der Waals surface area contributed by atoms with E-state index in [4.69, 9.17) is 18.9 Å². The Labute approximate surface area is 169 Å². The number of rotatable bonds is 5. The lowest BCUT2D eigenvalue weighted by atomic mass is 9.95. The molecule has 0 amide bonds. The van der Waals surface area contributed by atoms with E-state index in [9.17, 15) is 4.79 Å². The summed E-state index contributed by atoms with van der Waals surface area (Å²) in [5, 5.41) is 0. The summed E-state index contributed by atoms with van der Waals surface area (Å²) < 4.78 is 23.6. The smallest absolute Gasteiger partial charge is 0.351 e. The van der Waals surface area contributed by atoms with Gasteiger partial charge >= 0.3 is 5.69 Å². The fraction of sp³-hybridized carbons (Fsp3) is 0.455. The van der Waals surface area contributed by atoms with Gasteiger partial charge in [0.25, 0.3) is 0 Å². The maximum atomic E-state index is 12.5. The molecule has 3 heterocycles. The minimum Gasteiger partial charge on any atom is -0.475 e.